The fourth-order valence-electron chi connectivity index (χ4n) is 5.34. The molecule has 1 heterocycles. The summed E-state index contributed by atoms with van der Waals surface area (Å²) >= 11 is 0. The molecule has 0 spiro atoms. The molecule has 35 heavy (non-hydrogen) atoms. The molecule has 188 valence electrons. The molecule has 1 saturated carbocycles. The van der Waals surface area contributed by atoms with Crippen molar-refractivity contribution in [3.8, 4) is 11.1 Å². The van der Waals surface area contributed by atoms with Crippen LogP contribution < -0.4 is 0 Å². The summed E-state index contributed by atoms with van der Waals surface area (Å²) in [4.78, 5) is 0. The fourth-order valence-corrected chi connectivity index (χ4v) is 5.34. The second kappa shape index (κ2) is 10.8. The molecule has 3 nitrogen and oxygen atoms in total. The van der Waals surface area contributed by atoms with E-state index in [1.165, 1.54) is 37.8 Å². The van der Waals surface area contributed by atoms with Crippen molar-refractivity contribution in [1.82, 2.24) is 0 Å². The highest BCUT2D eigenvalue weighted by Gasteiger charge is 2.31. The average molecular weight is 491 g/mol. The van der Waals surface area contributed by atoms with E-state index in [0.29, 0.717) is 19.1 Å². The van der Waals surface area contributed by atoms with E-state index in [-0.39, 0.29) is 29.4 Å². The molecular formula is C28H30F4O3. The van der Waals surface area contributed by atoms with Gasteiger partial charge in [0.25, 0.3) is 0 Å². The Morgan fingerprint density at radius 3 is 2.14 bits per heavy atom. The summed E-state index contributed by atoms with van der Waals surface area (Å²) in [5, 5.41) is 0. The lowest BCUT2D eigenvalue weighted by molar-refractivity contribution is -0.247. The molecule has 0 bridgehead atoms. The van der Waals surface area contributed by atoms with Crippen molar-refractivity contribution in [3.63, 3.8) is 0 Å². The third kappa shape index (κ3) is 5.63. The Morgan fingerprint density at radius 2 is 1.51 bits per heavy atom. The molecule has 7 heteroatoms. The van der Waals surface area contributed by atoms with Crippen LogP contribution in [0.2, 0.25) is 0 Å². The van der Waals surface area contributed by atoms with Crippen LogP contribution in [0.4, 0.5) is 17.6 Å². The molecule has 5 rings (SSSR count). The van der Waals surface area contributed by atoms with Crippen LogP contribution >= 0.6 is 0 Å². The van der Waals surface area contributed by atoms with Gasteiger partial charge in [0.2, 0.25) is 0 Å². The van der Waals surface area contributed by atoms with Crippen molar-refractivity contribution in [2.45, 2.75) is 57.3 Å². The normalized spacial score (nSPS) is 25.6. The van der Waals surface area contributed by atoms with Gasteiger partial charge in [-0.1, -0.05) is 31.1 Å². The maximum absolute atomic E-state index is 14.8. The number of rotatable bonds is 6. The summed E-state index contributed by atoms with van der Waals surface area (Å²) in [5.41, 5.74) is 1.71. The minimum Gasteiger partial charge on any atom is -0.373 e. The Kier molecular flexibility index (Phi) is 7.56. The lowest BCUT2D eigenvalue weighted by Gasteiger charge is -2.35. The second-order valence-corrected chi connectivity index (χ2v) is 9.85. The SMILES string of the molecule is Fc1cc(C2=CCC(C3OCC(OCC4CCCC4)CO3)CC2)ccc1-c1cc(F)c(F)c(F)c1. The smallest absolute Gasteiger partial charge is 0.194 e. The third-order valence-electron chi connectivity index (χ3n) is 7.41. The molecule has 2 aliphatic carbocycles. The van der Waals surface area contributed by atoms with Crippen LogP contribution in [0, 0.1) is 35.1 Å². The van der Waals surface area contributed by atoms with Crippen LogP contribution in [0.25, 0.3) is 16.7 Å². The van der Waals surface area contributed by atoms with Crippen molar-refractivity contribution >= 4 is 5.57 Å². The zero-order chi connectivity index (χ0) is 24.4. The van der Waals surface area contributed by atoms with Crippen LogP contribution in [0.3, 0.4) is 0 Å². The number of halogens is 4. The van der Waals surface area contributed by atoms with E-state index in [9.17, 15) is 17.6 Å². The minimum absolute atomic E-state index is 0.00825. The first-order valence-corrected chi connectivity index (χ1v) is 12.5. The van der Waals surface area contributed by atoms with E-state index < -0.39 is 23.3 Å². The van der Waals surface area contributed by atoms with Gasteiger partial charge >= 0.3 is 0 Å². The lowest BCUT2D eigenvalue weighted by atomic mass is 9.85. The van der Waals surface area contributed by atoms with Crippen LogP contribution in [-0.4, -0.2) is 32.2 Å². The lowest BCUT2D eigenvalue weighted by Crippen LogP contribution is -2.41. The van der Waals surface area contributed by atoms with Crippen LogP contribution in [0.15, 0.2) is 36.4 Å². The van der Waals surface area contributed by atoms with E-state index in [4.69, 9.17) is 14.2 Å². The van der Waals surface area contributed by atoms with Crippen LogP contribution in [0.5, 0.6) is 0 Å². The average Bonchev–Trinajstić information content (AvgIpc) is 3.40. The molecule has 2 fully saturated rings. The van der Waals surface area contributed by atoms with E-state index in [1.807, 2.05) is 0 Å². The summed E-state index contributed by atoms with van der Waals surface area (Å²) in [5.74, 6) is -3.97. The van der Waals surface area contributed by atoms with Gasteiger partial charge < -0.3 is 14.2 Å². The molecule has 0 radical (unpaired) electrons. The Hall–Kier alpha value is -2.22. The number of hydrogen-bond donors (Lipinski definition) is 0. The van der Waals surface area contributed by atoms with Crippen molar-refractivity contribution in [1.29, 1.82) is 0 Å². The van der Waals surface area contributed by atoms with Crippen molar-refractivity contribution < 1.29 is 31.8 Å². The molecule has 1 saturated heterocycles. The van der Waals surface area contributed by atoms with Crippen LogP contribution in [-0.2, 0) is 14.2 Å². The van der Waals surface area contributed by atoms with E-state index in [1.54, 1.807) is 6.07 Å². The Bertz CT molecular complexity index is 1050. The summed E-state index contributed by atoms with van der Waals surface area (Å²) in [7, 11) is 0. The minimum atomic E-state index is -1.56. The number of allylic oxidation sites excluding steroid dienone is 2. The van der Waals surface area contributed by atoms with Gasteiger partial charge in [-0.3, -0.25) is 0 Å². The highest BCUT2D eigenvalue weighted by Crippen LogP contribution is 2.36. The molecule has 1 unspecified atom stereocenters. The Balaban J connectivity index is 1.16. The van der Waals surface area contributed by atoms with Crippen molar-refractivity contribution in [2.75, 3.05) is 19.8 Å². The summed E-state index contributed by atoms with van der Waals surface area (Å²) in [6.07, 6.45) is 9.27. The standard InChI is InChI=1S/C28H30F4O3/c29-24-11-20(9-10-23(24)21-12-25(30)27(32)26(31)13-21)18-5-7-19(8-6-18)28-34-15-22(16-35-28)33-14-17-3-1-2-4-17/h5,9-13,17,19,22,28H,1-4,6-8,14-16H2. The number of benzene rings is 2. The highest BCUT2D eigenvalue weighted by atomic mass is 19.2. The van der Waals surface area contributed by atoms with Gasteiger partial charge in [-0.15, -0.1) is 0 Å². The van der Waals surface area contributed by atoms with Crippen LogP contribution in [0.1, 0.15) is 50.5 Å². The Labute approximate surface area is 203 Å². The first-order valence-electron chi connectivity index (χ1n) is 12.5. The predicted octanol–water partition coefficient (Wildman–Crippen LogP) is 7.04. The first kappa shape index (κ1) is 24.5. The van der Waals surface area contributed by atoms with Gasteiger partial charge in [0.1, 0.15) is 11.9 Å². The molecule has 3 aliphatic rings. The number of hydrogen-bond acceptors (Lipinski definition) is 3. The molecule has 1 aliphatic heterocycles. The molecular weight excluding hydrogens is 460 g/mol. The van der Waals surface area contributed by atoms with Gasteiger partial charge in [0.05, 0.1) is 13.2 Å². The van der Waals surface area contributed by atoms with Gasteiger partial charge in [0, 0.05) is 18.1 Å². The summed E-state index contributed by atoms with van der Waals surface area (Å²) in [6, 6.07) is 6.16. The maximum Gasteiger partial charge on any atom is 0.194 e. The monoisotopic (exact) mass is 490 g/mol. The van der Waals surface area contributed by atoms with Crippen molar-refractivity contribution in [2.24, 2.45) is 11.8 Å². The second-order valence-electron chi connectivity index (χ2n) is 9.85. The first-order chi connectivity index (χ1) is 17.0. The number of ether oxygens (including phenoxy) is 3. The molecule has 0 amide bonds. The molecule has 1 atom stereocenters. The third-order valence-corrected chi connectivity index (χ3v) is 7.41. The predicted molar refractivity (Wildman–Crippen MR) is 124 cm³/mol. The topological polar surface area (TPSA) is 27.7 Å². The van der Waals surface area contributed by atoms with E-state index in [2.05, 4.69) is 6.08 Å². The quantitative estimate of drug-likeness (QED) is 0.321. The summed E-state index contributed by atoms with van der Waals surface area (Å²) < 4.78 is 73.1. The zero-order valence-corrected chi connectivity index (χ0v) is 19.6. The van der Waals surface area contributed by atoms with Gasteiger partial charge in [0.15, 0.2) is 23.7 Å². The van der Waals surface area contributed by atoms with Gasteiger partial charge in [-0.05, 0) is 72.9 Å². The largest absolute Gasteiger partial charge is 0.373 e. The zero-order valence-electron chi connectivity index (χ0n) is 19.6. The van der Waals surface area contributed by atoms with Crippen molar-refractivity contribution in [3.05, 3.63) is 65.2 Å². The van der Waals surface area contributed by atoms with E-state index in [0.717, 1.165) is 49.1 Å². The molecule has 0 aromatic heterocycles. The van der Waals surface area contributed by atoms with E-state index >= 15 is 0 Å². The summed E-state index contributed by atoms with van der Waals surface area (Å²) in [6.45, 7) is 1.88. The molecule has 0 N–H and O–H groups in total. The molecule has 2 aromatic rings. The van der Waals surface area contributed by atoms with Gasteiger partial charge in [-0.25, -0.2) is 17.6 Å². The van der Waals surface area contributed by atoms with Gasteiger partial charge in [-0.2, -0.15) is 0 Å². The maximum atomic E-state index is 14.8. The Morgan fingerprint density at radius 1 is 0.829 bits per heavy atom. The molecule has 2 aromatic carbocycles. The highest BCUT2D eigenvalue weighted by molar-refractivity contribution is 5.71. The fraction of sp³-hybridized carbons (Fsp3) is 0.500.